The van der Waals surface area contributed by atoms with Crippen LogP contribution in [0.15, 0.2) is 36.7 Å². The third-order valence-electron chi connectivity index (χ3n) is 9.23. The number of nitrogens with zero attached hydrogens (tertiary/aromatic N) is 5. The molecule has 6 rings (SSSR count). The fourth-order valence-electron chi connectivity index (χ4n) is 6.61. The summed E-state index contributed by atoms with van der Waals surface area (Å²) in [6.07, 6.45) is 2.90. The normalized spacial score (nSPS) is 23.9. The van der Waals surface area contributed by atoms with Gasteiger partial charge in [-0.05, 0) is 49.8 Å². The van der Waals surface area contributed by atoms with Crippen LogP contribution in [0.5, 0.6) is 0 Å². The molecular weight excluding hydrogens is 571 g/mol. The zero-order valence-corrected chi connectivity index (χ0v) is 25.2. The number of ether oxygens (including phenoxy) is 1. The van der Waals surface area contributed by atoms with Crippen LogP contribution in [0, 0.1) is 0 Å². The van der Waals surface area contributed by atoms with Crippen molar-refractivity contribution in [2.75, 3.05) is 64.3 Å². The van der Waals surface area contributed by atoms with Gasteiger partial charge in [0.2, 0.25) is 5.95 Å². The van der Waals surface area contributed by atoms with Gasteiger partial charge in [0.1, 0.15) is 5.65 Å². The van der Waals surface area contributed by atoms with Crippen molar-refractivity contribution in [3.8, 4) is 11.1 Å². The first kappa shape index (κ1) is 31.2. The van der Waals surface area contributed by atoms with E-state index >= 15 is 0 Å². The molecule has 3 aromatic rings. The number of anilines is 1. The van der Waals surface area contributed by atoms with Crippen LogP contribution < -0.4 is 10.6 Å². The lowest BCUT2D eigenvalue weighted by molar-refractivity contribution is -0.131. The second kappa shape index (κ2) is 14.1. The van der Waals surface area contributed by atoms with Gasteiger partial charge in [0.15, 0.2) is 0 Å². The molecule has 0 amide bonds. The number of hydrogen-bond donors (Lipinski definition) is 3. The highest BCUT2D eigenvalue weighted by atomic mass is 19.4. The van der Waals surface area contributed by atoms with Crippen LogP contribution in [-0.4, -0.2) is 107 Å². The third-order valence-corrected chi connectivity index (χ3v) is 9.23. The predicted octanol–water partition coefficient (Wildman–Crippen LogP) is 4.43. The predicted molar refractivity (Wildman–Crippen MR) is 165 cm³/mol. The molecule has 2 aromatic heterocycles. The monoisotopic (exact) mass is 615 g/mol. The number of aliphatic hydroxyl groups is 1. The molecule has 1 atom stereocenters. The van der Waals surface area contributed by atoms with Crippen molar-refractivity contribution in [1.29, 1.82) is 0 Å². The Hall–Kier alpha value is -2.77. The van der Waals surface area contributed by atoms with E-state index in [1.807, 2.05) is 0 Å². The minimum absolute atomic E-state index is 0.164. The highest BCUT2D eigenvalue weighted by Crippen LogP contribution is 2.37. The molecule has 240 valence electrons. The lowest BCUT2D eigenvalue weighted by Gasteiger charge is -2.34. The summed E-state index contributed by atoms with van der Waals surface area (Å²) in [7, 11) is 0. The molecule has 3 N–H and O–H groups in total. The number of piperazine rings is 1. The lowest BCUT2D eigenvalue weighted by atomic mass is 9.93. The van der Waals surface area contributed by atoms with Crippen molar-refractivity contribution >= 4 is 17.0 Å². The first-order chi connectivity index (χ1) is 21.3. The lowest BCUT2D eigenvalue weighted by Crippen LogP contribution is -2.47. The molecule has 44 heavy (non-hydrogen) atoms. The van der Waals surface area contributed by atoms with Gasteiger partial charge in [0.05, 0.1) is 25.2 Å². The quantitative estimate of drug-likeness (QED) is 0.292. The zero-order chi connectivity index (χ0) is 30.5. The number of aromatic nitrogens is 3. The molecule has 2 aliphatic heterocycles. The SMILES string of the molecule is OC1CCC(n2cc(-c3ccc(CN4CCN(CCOC5CCNC5)CC4)cc3)c3cnc(NCCC(F)(F)F)nc32)CC1. The van der Waals surface area contributed by atoms with Crippen molar-refractivity contribution in [3.05, 3.63) is 42.2 Å². The van der Waals surface area contributed by atoms with Crippen molar-refractivity contribution in [3.63, 3.8) is 0 Å². The Morgan fingerprint density at radius 1 is 1.00 bits per heavy atom. The van der Waals surface area contributed by atoms with Crippen LogP contribution in [0.2, 0.25) is 0 Å². The van der Waals surface area contributed by atoms with Gasteiger partial charge >= 0.3 is 6.18 Å². The second-order valence-electron chi connectivity index (χ2n) is 12.4. The van der Waals surface area contributed by atoms with Crippen LogP contribution in [0.25, 0.3) is 22.2 Å². The van der Waals surface area contributed by atoms with Crippen LogP contribution >= 0.6 is 0 Å². The highest BCUT2D eigenvalue weighted by molar-refractivity contribution is 5.94. The number of halogens is 3. The van der Waals surface area contributed by atoms with Gasteiger partial charge in [-0.15, -0.1) is 0 Å². The molecule has 0 bridgehead atoms. The number of aliphatic hydroxyl groups excluding tert-OH is 1. The van der Waals surface area contributed by atoms with Gasteiger partial charge in [-0.1, -0.05) is 24.3 Å². The van der Waals surface area contributed by atoms with Crippen LogP contribution in [-0.2, 0) is 11.3 Å². The van der Waals surface area contributed by atoms with Gasteiger partial charge in [-0.25, -0.2) is 4.98 Å². The number of fused-ring (bicyclic) bond motifs is 1. The number of hydrogen-bond acceptors (Lipinski definition) is 8. The van der Waals surface area contributed by atoms with E-state index in [1.165, 1.54) is 5.56 Å². The maximum absolute atomic E-state index is 12.7. The molecule has 9 nitrogen and oxygen atoms in total. The van der Waals surface area contributed by atoms with Gasteiger partial charge in [-0.3, -0.25) is 9.80 Å². The molecule has 3 aliphatic rings. The maximum atomic E-state index is 12.7. The third kappa shape index (κ3) is 8.08. The van der Waals surface area contributed by atoms with Gasteiger partial charge in [-0.2, -0.15) is 18.2 Å². The number of alkyl halides is 3. The Morgan fingerprint density at radius 3 is 2.45 bits per heavy atom. The molecule has 0 spiro atoms. The summed E-state index contributed by atoms with van der Waals surface area (Å²) in [5, 5.41) is 17.0. The van der Waals surface area contributed by atoms with Crippen molar-refractivity contribution in [2.24, 2.45) is 0 Å². The zero-order valence-electron chi connectivity index (χ0n) is 25.2. The molecule has 1 saturated carbocycles. The van der Waals surface area contributed by atoms with Crippen molar-refractivity contribution in [2.45, 2.75) is 69.5 Å². The summed E-state index contributed by atoms with van der Waals surface area (Å²) in [4.78, 5) is 14.0. The molecule has 1 unspecified atom stereocenters. The number of rotatable bonds is 11. The Morgan fingerprint density at radius 2 is 1.75 bits per heavy atom. The van der Waals surface area contributed by atoms with Crippen molar-refractivity contribution < 1.29 is 23.0 Å². The first-order valence-electron chi connectivity index (χ1n) is 16.0. The molecule has 3 fully saturated rings. The maximum Gasteiger partial charge on any atom is 0.390 e. The van der Waals surface area contributed by atoms with E-state index in [1.54, 1.807) is 6.20 Å². The van der Waals surface area contributed by atoms with Gasteiger partial charge in [0, 0.05) is 81.7 Å². The van der Waals surface area contributed by atoms with E-state index in [0.717, 1.165) is 108 Å². The fourth-order valence-corrected chi connectivity index (χ4v) is 6.61. The van der Waals surface area contributed by atoms with Crippen LogP contribution in [0.1, 0.15) is 50.1 Å². The first-order valence-corrected chi connectivity index (χ1v) is 16.0. The Bertz CT molecular complexity index is 1340. The largest absolute Gasteiger partial charge is 0.393 e. The average Bonchev–Trinajstić information content (AvgIpc) is 3.67. The molecule has 1 aromatic carbocycles. The van der Waals surface area contributed by atoms with E-state index in [0.29, 0.717) is 11.8 Å². The van der Waals surface area contributed by atoms with Crippen LogP contribution in [0.4, 0.5) is 19.1 Å². The number of nitrogens with one attached hydrogen (secondary N) is 2. The number of benzene rings is 1. The van der Waals surface area contributed by atoms with Gasteiger partial charge < -0.3 is 25.0 Å². The Labute approximate surface area is 256 Å². The summed E-state index contributed by atoms with van der Waals surface area (Å²) in [6, 6.07) is 8.80. The van der Waals surface area contributed by atoms with E-state index < -0.39 is 12.6 Å². The summed E-state index contributed by atoms with van der Waals surface area (Å²) in [5.41, 5.74) is 4.02. The molecule has 1 aliphatic carbocycles. The van der Waals surface area contributed by atoms with E-state index in [2.05, 4.69) is 65.4 Å². The highest BCUT2D eigenvalue weighted by Gasteiger charge is 2.27. The summed E-state index contributed by atoms with van der Waals surface area (Å²) in [6.45, 7) is 8.62. The smallest absolute Gasteiger partial charge is 0.390 e. The summed E-state index contributed by atoms with van der Waals surface area (Å²) in [5.74, 6) is 0.192. The molecule has 4 heterocycles. The molecular formula is C32H44F3N7O2. The molecule has 0 radical (unpaired) electrons. The fraction of sp³-hybridized carbons (Fsp3) is 0.625. The van der Waals surface area contributed by atoms with E-state index in [4.69, 9.17) is 4.74 Å². The summed E-state index contributed by atoms with van der Waals surface area (Å²) < 4.78 is 46.2. The van der Waals surface area contributed by atoms with Crippen molar-refractivity contribution in [1.82, 2.24) is 29.7 Å². The average molecular weight is 616 g/mol. The molecule has 12 heteroatoms. The van der Waals surface area contributed by atoms with E-state index in [9.17, 15) is 18.3 Å². The van der Waals surface area contributed by atoms with E-state index in [-0.39, 0.29) is 24.6 Å². The minimum atomic E-state index is -4.24. The Kier molecular flexibility index (Phi) is 10.0. The Balaban J connectivity index is 1.10. The minimum Gasteiger partial charge on any atom is -0.393 e. The van der Waals surface area contributed by atoms with Gasteiger partial charge in [0.25, 0.3) is 0 Å². The second-order valence-corrected chi connectivity index (χ2v) is 12.4. The molecule has 2 saturated heterocycles. The summed E-state index contributed by atoms with van der Waals surface area (Å²) >= 11 is 0. The standard InChI is InChI=1S/C32H44F3N7O2/c33-32(34,35)10-12-37-31-38-20-28-29(22-42(30(28)39-31)25-5-7-26(43)8-6-25)24-3-1-23(2-4-24)21-41-15-13-40(14-16-41)17-18-44-27-9-11-36-19-27/h1-4,20,22,25-27,36,43H,5-19,21H2,(H,37,38,39). The topological polar surface area (TPSA) is 90.7 Å². The van der Waals surface area contributed by atoms with Crippen LogP contribution in [0.3, 0.4) is 0 Å².